The first kappa shape index (κ1) is 16.3. The Bertz CT molecular complexity index is 863. The Morgan fingerprint density at radius 3 is 2.88 bits per heavy atom. The van der Waals surface area contributed by atoms with Gasteiger partial charge in [-0.25, -0.2) is 9.78 Å². The maximum atomic E-state index is 12.2. The molecule has 0 unspecified atom stereocenters. The van der Waals surface area contributed by atoms with Gasteiger partial charge in [-0.2, -0.15) is 0 Å². The lowest BCUT2D eigenvalue weighted by atomic mass is 10.1. The summed E-state index contributed by atoms with van der Waals surface area (Å²) in [5.41, 5.74) is 1.61. The highest BCUT2D eigenvalue weighted by Gasteiger charge is 2.18. The number of fused-ring (bicyclic) bond motifs is 1. The van der Waals surface area contributed by atoms with Crippen molar-refractivity contribution in [2.24, 2.45) is 0 Å². The first-order valence-electron chi connectivity index (χ1n) is 7.76. The number of thiazole rings is 1. The van der Waals surface area contributed by atoms with E-state index in [1.165, 1.54) is 4.88 Å². The van der Waals surface area contributed by atoms with Crippen molar-refractivity contribution in [2.75, 3.05) is 18.5 Å². The molecule has 124 valence electrons. The third-order valence-corrected chi connectivity index (χ3v) is 4.42. The van der Waals surface area contributed by atoms with Gasteiger partial charge in [0.2, 0.25) is 0 Å². The summed E-state index contributed by atoms with van der Waals surface area (Å²) in [4.78, 5) is 17.7. The Morgan fingerprint density at radius 1 is 1.29 bits per heavy atom. The van der Waals surface area contributed by atoms with Crippen LogP contribution in [-0.2, 0) is 11.2 Å². The van der Waals surface area contributed by atoms with Crippen LogP contribution in [0.2, 0.25) is 0 Å². The highest BCUT2D eigenvalue weighted by Crippen LogP contribution is 2.25. The van der Waals surface area contributed by atoms with Crippen molar-refractivity contribution in [3.05, 3.63) is 46.0 Å². The number of nitrogens with one attached hydrogen (secondary N) is 1. The number of hydrogen-bond donors (Lipinski definition) is 1. The number of benzene rings is 1. The smallest absolute Gasteiger partial charge is 0.361 e. The van der Waals surface area contributed by atoms with E-state index in [-0.39, 0.29) is 5.69 Å². The van der Waals surface area contributed by atoms with E-state index in [1.807, 2.05) is 37.4 Å². The summed E-state index contributed by atoms with van der Waals surface area (Å²) in [5, 5.41) is 13.4. The van der Waals surface area contributed by atoms with Gasteiger partial charge in [-0.1, -0.05) is 18.2 Å². The SMILES string of the molecule is CCOC(=O)c1nnc2ccccc2c1NCCc1ncc(C)s1. The predicted octanol–water partition coefficient (Wildman–Crippen LogP) is 3.23. The molecular formula is C17H18N4O2S. The molecule has 3 aromatic rings. The van der Waals surface area contributed by atoms with Gasteiger partial charge in [0, 0.05) is 29.4 Å². The van der Waals surface area contributed by atoms with Gasteiger partial charge in [-0.3, -0.25) is 0 Å². The minimum Gasteiger partial charge on any atom is -0.461 e. The van der Waals surface area contributed by atoms with Crippen molar-refractivity contribution in [1.29, 1.82) is 0 Å². The average molecular weight is 342 g/mol. The lowest BCUT2D eigenvalue weighted by molar-refractivity contribution is 0.0519. The van der Waals surface area contributed by atoms with E-state index in [1.54, 1.807) is 18.3 Å². The van der Waals surface area contributed by atoms with Gasteiger partial charge in [-0.15, -0.1) is 21.5 Å². The summed E-state index contributed by atoms with van der Waals surface area (Å²) < 4.78 is 5.09. The summed E-state index contributed by atoms with van der Waals surface area (Å²) in [6.45, 7) is 4.75. The van der Waals surface area contributed by atoms with Crippen molar-refractivity contribution in [3.63, 3.8) is 0 Å². The quantitative estimate of drug-likeness (QED) is 0.693. The van der Waals surface area contributed by atoms with Gasteiger partial charge >= 0.3 is 5.97 Å². The molecule has 0 spiro atoms. The lowest BCUT2D eigenvalue weighted by Crippen LogP contribution is -2.15. The lowest BCUT2D eigenvalue weighted by Gasteiger charge is -2.12. The topological polar surface area (TPSA) is 77.0 Å². The monoisotopic (exact) mass is 342 g/mol. The van der Waals surface area contributed by atoms with Crippen LogP contribution in [0.4, 0.5) is 5.69 Å². The summed E-state index contributed by atoms with van der Waals surface area (Å²) in [6, 6.07) is 7.59. The molecule has 24 heavy (non-hydrogen) atoms. The van der Waals surface area contributed by atoms with Crippen LogP contribution in [0.5, 0.6) is 0 Å². The van der Waals surface area contributed by atoms with E-state index >= 15 is 0 Å². The zero-order valence-electron chi connectivity index (χ0n) is 13.6. The number of carbonyl (C=O) groups excluding carboxylic acids is 1. The molecule has 0 aliphatic rings. The van der Waals surface area contributed by atoms with Gasteiger partial charge in [-0.05, 0) is 19.9 Å². The maximum absolute atomic E-state index is 12.2. The zero-order valence-corrected chi connectivity index (χ0v) is 14.4. The van der Waals surface area contributed by atoms with Gasteiger partial charge < -0.3 is 10.1 Å². The molecule has 1 aromatic carbocycles. The van der Waals surface area contributed by atoms with Crippen LogP contribution in [0.25, 0.3) is 10.9 Å². The molecule has 0 fully saturated rings. The minimum absolute atomic E-state index is 0.214. The molecule has 0 saturated carbocycles. The molecule has 0 radical (unpaired) electrons. The molecule has 1 N–H and O–H groups in total. The molecule has 0 aliphatic heterocycles. The number of ether oxygens (including phenoxy) is 1. The van der Waals surface area contributed by atoms with E-state index in [9.17, 15) is 4.79 Å². The van der Waals surface area contributed by atoms with Crippen LogP contribution < -0.4 is 5.32 Å². The number of aryl methyl sites for hydroxylation is 1. The van der Waals surface area contributed by atoms with Gasteiger partial charge in [0.05, 0.1) is 22.8 Å². The van der Waals surface area contributed by atoms with Crippen LogP contribution in [0, 0.1) is 6.92 Å². The van der Waals surface area contributed by atoms with Gasteiger partial charge in [0.15, 0.2) is 5.69 Å². The number of carbonyl (C=O) groups is 1. The minimum atomic E-state index is -0.469. The Balaban J connectivity index is 1.87. The summed E-state index contributed by atoms with van der Waals surface area (Å²) in [6.07, 6.45) is 2.64. The molecule has 7 heteroatoms. The first-order chi connectivity index (χ1) is 11.7. The maximum Gasteiger partial charge on any atom is 0.361 e. The van der Waals surface area contributed by atoms with Crippen LogP contribution in [0.1, 0.15) is 27.3 Å². The standard InChI is InChI=1S/C17H18N4O2S/c1-3-23-17(22)16-15(12-6-4-5-7-13(12)20-21-16)18-9-8-14-19-10-11(2)24-14/h4-7,10H,3,8-9H2,1-2H3,(H,18,20). The Kier molecular flexibility index (Phi) is 5.00. The summed E-state index contributed by atoms with van der Waals surface area (Å²) in [7, 11) is 0. The molecule has 2 heterocycles. The molecule has 0 bridgehead atoms. The first-order valence-corrected chi connectivity index (χ1v) is 8.58. The van der Waals surface area contributed by atoms with Crippen LogP contribution in [-0.4, -0.2) is 34.3 Å². The predicted molar refractivity (Wildman–Crippen MR) is 94.5 cm³/mol. The fourth-order valence-electron chi connectivity index (χ4n) is 2.39. The zero-order chi connectivity index (χ0) is 16.9. The normalized spacial score (nSPS) is 10.8. The van der Waals surface area contributed by atoms with E-state index in [2.05, 4.69) is 20.5 Å². The molecule has 0 aliphatic carbocycles. The van der Waals surface area contributed by atoms with E-state index in [0.29, 0.717) is 18.8 Å². The Morgan fingerprint density at radius 2 is 2.12 bits per heavy atom. The highest BCUT2D eigenvalue weighted by atomic mass is 32.1. The number of nitrogens with zero attached hydrogens (tertiary/aromatic N) is 3. The fraction of sp³-hybridized carbons (Fsp3) is 0.294. The molecule has 2 aromatic heterocycles. The molecule has 6 nitrogen and oxygen atoms in total. The van der Waals surface area contributed by atoms with Gasteiger partial charge in [0.25, 0.3) is 0 Å². The van der Waals surface area contributed by atoms with Crippen LogP contribution >= 0.6 is 11.3 Å². The Labute approximate surface area is 143 Å². The fourth-order valence-corrected chi connectivity index (χ4v) is 3.17. The molecule has 0 amide bonds. The van der Waals surface area contributed by atoms with Crippen molar-refractivity contribution in [1.82, 2.24) is 15.2 Å². The summed E-state index contributed by atoms with van der Waals surface area (Å²) >= 11 is 1.67. The largest absolute Gasteiger partial charge is 0.461 e. The second-order valence-corrected chi connectivity index (χ2v) is 6.52. The van der Waals surface area contributed by atoms with Crippen molar-refractivity contribution in [3.8, 4) is 0 Å². The van der Waals surface area contributed by atoms with Crippen LogP contribution in [0.15, 0.2) is 30.5 Å². The van der Waals surface area contributed by atoms with E-state index in [0.717, 1.165) is 22.3 Å². The number of hydrogen-bond acceptors (Lipinski definition) is 7. The number of rotatable bonds is 6. The average Bonchev–Trinajstić information content (AvgIpc) is 3.00. The van der Waals surface area contributed by atoms with Gasteiger partial charge in [0.1, 0.15) is 0 Å². The summed E-state index contributed by atoms with van der Waals surface area (Å²) in [5.74, 6) is -0.469. The highest BCUT2D eigenvalue weighted by molar-refractivity contribution is 7.11. The Hall–Kier alpha value is -2.54. The second-order valence-electron chi connectivity index (χ2n) is 5.20. The van der Waals surface area contributed by atoms with E-state index < -0.39 is 5.97 Å². The third-order valence-electron chi connectivity index (χ3n) is 3.45. The molecule has 0 saturated heterocycles. The number of aromatic nitrogens is 3. The molecular weight excluding hydrogens is 324 g/mol. The number of anilines is 1. The third kappa shape index (κ3) is 3.51. The molecule has 0 atom stereocenters. The molecule has 3 rings (SSSR count). The number of esters is 1. The second kappa shape index (κ2) is 7.35. The van der Waals surface area contributed by atoms with Crippen molar-refractivity contribution >= 4 is 33.9 Å². The van der Waals surface area contributed by atoms with E-state index in [4.69, 9.17) is 4.74 Å². The van der Waals surface area contributed by atoms with Crippen molar-refractivity contribution < 1.29 is 9.53 Å². The van der Waals surface area contributed by atoms with Crippen LogP contribution in [0.3, 0.4) is 0 Å². The van der Waals surface area contributed by atoms with Crippen molar-refractivity contribution in [2.45, 2.75) is 20.3 Å².